The summed E-state index contributed by atoms with van der Waals surface area (Å²) in [6.45, 7) is -0.498. The van der Waals surface area contributed by atoms with Gasteiger partial charge in [0, 0.05) is 10.2 Å². The van der Waals surface area contributed by atoms with Crippen LogP contribution in [-0.4, -0.2) is 26.9 Å². The number of benzene rings is 2. The molecule has 7 nitrogen and oxygen atoms in total. The Labute approximate surface area is 165 Å². The van der Waals surface area contributed by atoms with Crippen LogP contribution >= 0.6 is 15.9 Å². The average molecular weight is 453 g/mol. The summed E-state index contributed by atoms with van der Waals surface area (Å²) < 4.78 is 28.1. The SMILES string of the molecule is NS(=O)(=O)c1ccc(Br)c(C(=O)OCC(=O)Nc2ccc3c(c2)CCC3)c1. The summed E-state index contributed by atoms with van der Waals surface area (Å²) in [6.07, 6.45) is 3.15. The number of hydrogen-bond acceptors (Lipinski definition) is 5. The molecule has 3 rings (SSSR count). The maximum Gasteiger partial charge on any atom is 0.339 e. The van der Waals surface area contributed by atoms with Gasteiger partial charge in [-0.3, -0.25) is 4.79 Å². The zero-order valence-electron chi connectivity index (χ0n) is 14.2. The molecule has 142 valence electrons. The normalized spacial score (nSPS) is 13.1. The molecule has 0 saturated heterocycles. The molecule has 0 unspecified atom stereocenters. The van der Waals surface area contributed by atoms with Crippen molar-refractivity contribution in [1.82, 2.24) is 0 Å². The Morgan fingerprint density at radius 3 is 2.59 bits per heavy atom. The highest BCUT2D eigenvalue weighted by Crippen LogP contribution is 2.25. The van der Waals surface area contributed by atoms with Crippen molar-refractivity contribution in [2.24, 2.45) is 5.14 Å². The largest absolute Gasteiger partial charge is 0.452 e. The first-order chi connectivity index (χ1) is 12.7. The van der Waals surface area contributed by atoms with E-state index in [1.807, 2.05) is 18.2 Å². The second-order valence-corrected chi connectivity index (χ2v) is 8.56. The predicted octanol–water partition coefficient (Wildman–Crippen LogP) is 2.38. The monoisotopic (exact) mass is 452 g/mol. The third-order valence-corrected chi connectivity index (χ3v) is 5.81. The molecular formula is C18H17BrN2O5S. The third kappa shape index (κ3) is 4.74. The number of aryl methyl sites for hydroxylation is 2. The van der Waals surface area contributed by atoms with Crippen LogP contribution in [0.3, 0.4) is 0 Å². The second kappa shape index (κ2) is 7.79. The lowest BCUT2D eigenvalue weighted by Crippen LogP contribution is -2.21. The van der Waals surface area contributed by atoms with Crippen LogP contribution in [0.1, 0.15) is 27.9 Å². The molecule has 0 spiro atoms. The van der Waals surface area contributed by atoms with Crippen LogP contribution in [0.2, 0.25) is 0 Å². The van der Waals surface area contributed by atoms with Gasteiger partial charge in [-0.25, -0.2) is 18.4 Å². The number of anilines is 1. The van der Waals surface area contributed by atoms with Gasteiger partial charge in [0.05, 0.1) is 10.5 Å². The van der Waals surface area contributed by atoms with Crippen molar-refractivity contribution in [2.75, 3.05) is 11.9 Å². The lowest BCUT2D eigenvalue weighted by molar-refractivity contribution is -0.119. The van der Waals surface area contributed by atoms with Crippen molar-refractivity contribution in [2.45, 2.75) is 24.2 Å². The van der Waals surface area contributed by atoms with Gasteiger partial charge in [-0.15, -0.1) is 0 Å². The van der Waals surface area contributed by atoms with E-state index >= 15 is 0 Å². The first-order valence-electron chi connectivity index (χ1n) is 8.15. The Morgan fingerprint density at radius 1 is 1.11 bits per heavy atom. The zero-order valence-corrected chi connectivity index (χ0v) is 16.6. The van der Waals surface area contributed by atoms with E-state index in [0.717, 1.165) is 25.3 Å². The highest BCUT2D eigenvalue weighted by Gasteiger charge is 2.18. The molecule has 0 aliphatic heterocycles. The minimum Gasteiger partial charge on any atom is -0.452 e. The fourth-order valence-electron chi connectivity index (χ4n) is 2.89. The standard InChI is InChI=1S/C18H17BrN2O5S/c19-16-7-6-14(27(20,24)25)9-15(16)18(23)26-10-17(22)21-13-5-4-11-2-1-3-12(11)8-13/h4-9H,1-3,10H2,(H,21,22)(H2,20,24,25). The summed E-state index contributed by atoms with van der Waals surface area (Å²) in [5.74, 6) is -1.32. The first kappa shape index (κ1) is 19.5. The molecule has 3 N–H and O–H groups in total. The van der Waals surface area contributed by atoms with E-state index in [1.165, 1.54) is 23.3 Å². The first-order valence-corrected chi connectivity index (χ1v) is 10.5. The van der Waals surface area contributed by atoms with Gasteiger partial charge in [0.15, 0.2) is 6.61 Å². The lowest BCUT2D eigenvalue weighted by atomic mass is 10.1. The van der Waals surface area contributed by atoms with E-state index in [-0.39, 0.29) is 10.5 Å². The smallest absolute Gasteiger partial charge is 0.339 e. The number of ether oxygens (including phenoxy) is 1. The van der Waals surface area contributed by atoms with Gasteiger partial charge < -0.3 is 10.1 Å². The maximum atomic E-state index is 12.2. The van der Waals surface area contributed by atoms with Gasteiger partial charge >= 0.3 is 5.97 Å². The fourth-order valence-corrected chi connectivity index (χ4v) is 3.84. The molecule has 1 amide bonds. The number of sulfonamides is 1. The Balaban J connectivity index is 1.63. The van der Waals surface area contributed by atoms with E-state index < -0.39 is 28.5 Å². The summed E-state index contributed by atoms with van der Waals surface area (Å²) in [5.41, 5.74) is 3.12. The van der Waals surface area contributed by atoms with Crippen LogP contribution in [0, 0.1) is 0 Å². The van der Waals surface area contributed by atoms with E-state index in [4.69, 9.17) is 9.88 Å². The number of primary sulfonamides is 1. The molecule has 1 aliphatic carbocycles. The third-order valence-electron chi connectivity index (χ3n) is 4.20. The number of rotatable bonds is 5. The van der Waals surface area contributed by atoms with Gasteiger partial charge in [0.25, 0.3) is 5.91 Å². The topological polar surface area (TPSA) is 116 Å². The summed E-state index contributed by atoms with van der Waals surface area (Å²) in [5, 5.41) is 7.75. The molecule has 0 atom stereocenters. The lowest BCUT2D eigenvalue weighted by Gasteiger charge is -2.09. The quantitative estimate of drug-likeness (QED) is 0.675. The van der Waals surface area contributed by atoms with Crippen LogP contribution < -0.4 is 10.5 Å². The number of hydrogen-bond donors (Lipinski definition) is 2. The summed E-state index contributed by atoms with van der Waals surface area (Å²) in [4.78, 5) is 24.0. The fraction of sp³-hybridized carbons (Fsp3) is 0.222. The molecule has 0 heterocycles. The Hall–Kier alpha value is -2.23. The number of halogens is 1. The molecule has 0 aromatic heterocycles. The number of amides is 1. The maximum absolute atomic E-state index is 12.2. The molecule has 0 bridgehead atoms. The van der Waals surface area contributed by atoms with Gasteiger partial charge in [-0.1, -0.05) is 6.07 Å². The van der Waals surface area contributed by atoms with E-state index in [9.17, 15) is 18.0 Å². The molecule has 1 aliphatic rings. The highest BCUT2D eigenvalue weighted by molar-refractivity contribution is 9.10. The molecule has 0 radical (unpaired) electrons. The highest BCUT2D eigenvalue weighted by atomic mass is 79.9. The molecule has 2 aromatic carbocycles. The van der Waals surface area contributed by atoms with Crippen LogP contribution in [-0.2, 0) is 32.4 Å². The Bertz CT molecular complexity index is 1020. The number of carbonyl (C=O) groups excluding carboxylic acids is 2. The summed E-state index contributed by atoms with van der Waals surface area (Å²) in [7, 11) is -3.96. The summed E-state index contributed by atoms with van der Waals surface area (Å²) in [6, 6.07) is 9.46. The number of fused-ring (bicyclic) bond motifs is 1. The van der Waals surface area contributed by atoms with E-state index in [0.29, 0.717) is 10.2 Å². The minimum absolute atomic E-state index is 0.0353. The predicted molar refractivity (Wildman–Crippen MR) is 103 cm³/mol. The number of nitrogens with one attached hydrogen (secondary N) is 1. The summed E-state index contributed by atoms with van der Waals surface area (Å²) >= 11 is 3.15. The Morgan fingerprint density at radius 2 is 1.85 bits per heavy atom. The molecule has 2 aromatic rings. The van der Waals surface area contributed by atoms with Crippen molar-refractivity contribution in [3.8, 4) is 0 Å². The van der Waals surface area contributed by atoms with Crippen LogP contribution in [0.25, 0.3) is 0 Å². The van der Waals surface area contributed by atoms with Crippen LogP contribution in [0.15, 0.2) is 45.8 Å². The van der Waals surface area contributed by atoms with Gasteiger partial charge in [-0.05, 0) is 76.7 Å². The minimum atomic E-state index is -3.96. The molecule has 0 fully saturated rings. The molecule has 9 heteroatoms. The number of nitrogens with two attached hydrogens (primary N) is 1. The van der Waals surface area contributed by atoms with Crippen molar-refractivity contribution >= 4 is 43.5 Å². The second-order valence-electron chi connectivity index (χ2n) is 6.15. The Kier molecular flexibility index (Phi) is 5.64. The molecule has 0 saturated carbocycles. The molecular weight excluding hydrogens is 436 g/mol. The van der Waals surface area contributed by atoms with Crippen molar-refractivity contribution < 1.29 is 22.7 Å². The van der Waals surface area contributed by atoms with Crippen molar-refractivity contribution in [3.05, 3.63) is 57.6 Å². The number of esters is 1. The van der Waals surface area contributed by atoms with E-state index in [2.05, 4.69) is 21.2 Å². The van der Waals surface area contributed by atoms with Gasteiger partial charge in [0.2, 0.25) is 10.0 Å². The zero-order chi connectivity index (χ0) is 19.6. The molecule has 27 heavy (non-hydrogen) atoms. The van der Waals surface area contributed by atoms with E-state index in [1.54, 1.807) is 0 Å². The van der Waals surface area contributed by atoms with Crippen molar-refractivity contribution in [3.63, 3.8) is 0 Å². The average Bonchev–Trinajstić information content (AvgIpc) is 3.06. The number of carbonyl (C=O) groups is 2. The van der Waals surface area contributed by atoms with Gasteiger partial charge in [-0.2, -0.15) is 0 Å². The van der Waals surface area contributed by atoms with Gasteiger partial charge in [0.1, 0.15) is 0 Å². The van der Waals surface area contributed by atoms with Crippen molar-refractivity contribution in [1.29, 1.82) is 0 Å². The van der Waals surface area contributed by atoms with Crippen LogP contribution in [0.5, 0.6) is 0 Å². The van der Waals surface area contributed by atoms with Crippen LogP contribution in [0.4, 0.5) is 5.69 Å².